The van der Waals surface area contributed by atoms with E-state index in [9.17, 15) is 9.18 Å². The second kappa shape index (κ2) is 5.58. The summed E-state index contributed by atoms with van der Waals surface area (Å²) in [5.41, 5.74) is 7.56. The fourth-order valence-corrected chi connectivity index (χ4v) is 1.70. The van der Waals surface area contributed by atoms with Crippen LogP contribution in [0, 0.1) is 12.7 Å². The molecule has 0 aliphatic rings. The second-order valence-electron chi connectivity index (χ2n) is 4.15. The summed E-state index contributed by atoms with van der Waals surface area (Å²) in [5, 5.41) is 2.70. The van der Waals surface area contributed by atoms with Gasteiger partial charge in [0.25, 0.3) is 5.91 Å². The van der Waals surface area contributed by atoms with Crippen LogP contribution in [0.25, 0.3) is 0 Å². The zero-order valence-electron chi connectivity index (χ0n) is 10.5. The number of anilines is 1. The molecule has 4 nitrogen and oxygen atoms in total. The molecule has 2 aromatic rings. The monoisotopic (exact) mass is 259 g/mol. The standard InChI is InChI=1S/C14H14FN3O/c1-9-6-10(4-5-17-9)14(19)18-12-2-3-13(15)11(7-12)8-16/h2-7H,8,16H2,1H3,(H,18,19). The van der Waals surface area contributed by atoms with E-state index in [0.717, 1.165) is 5.69 Å². The largest absolute Gasteiger partial charge is 0.326 e. The number of halogens is 1. The van der Waals surface area contributed by atoms with Crippen molar-refractivity contribution in [3.63, 3.8) is 0 Å². The third-order valence-electron chi connectivity index (χ3n) is 2.68. The van der Waals surface area contributed by atoms with E-state index in [0.29, 0.717) is 16.8 Å². The molecule has 1 aromatic heterocycles. The Balaban J connectivity index is 2.19. The van der Waals surface area contributed by atoms with E-state index in [2.05, 4.69) is 10.3 Å². The van der Waals surface area contributed by atoms with Gasteiger partial charge in [0.1, 0.15) is 5.82 Å². The molecule has 0 aliphatic carbocycles. The average molecular weight is 259 g/mol. The fraction of sp³-hybridized carbons (Fsp3) is 0.143. The molecule has 19 heavy (non-hydrogen) atoms. The number of carbonyl (C=O) groups excluding carboxylic acids is 1. The summed E-state index contributed by atoms with van der Waals surface area (Å²) in [6.07, 6.45) is 1.57. The molecule has 98 valence electrons. The smallest absolute Gasteiger partial charge is 0.255 e. The van der Waals surface area contributed by atoms with Crippen LogP contribution < -0.4 is 11.1 Å². The molecule has 3 N–H and O–H groups in total. The summed E-state index contributed by atoms with van der Waals surface area (Å²) in [4.78, 5) is 16.0. The maximum absolute atomic E-state index is 13.3. The predicted molar refractivity (Wildman–Crippen MR) is 71.2 cm³/mol. The Morgan fingerprint density at radius 2 is 2.16 bits per heavy atom. The molecule has 0 radical (unpaired) electrons. The van der Waals surface area contributed by atoms with E-state index in [-0.39, 0.29) is 18.3 Å². The number of hydrogen-bond acceptors (Lipinski definition) is 3. The molecule has 1 amide bonds. The molecule has 0 aliphatic heterocycles. The van der Waals surface area contributed by atoms with Crippen LogP contribution in [0.3, 0.4) is 0 Å². The number of aromatic nitrogens is 1. The van der Waals surface area contributed by atoms with E-state index >= 15 is 0 Å². The van der Waals surface area contributed by atoms with Crippen LogP contribution in [0.5, 0.6) is 0 Å². The van der Waals surface area contributed by atoms with Crippen molar-refractivity contribution < 1.29 is 9.18 Å². The van der Waals surface area contributed by atoms with Gasteiger partial charge in [0, 0.05) is 35.2 Å². The first-order valence-corrected chi connectivity index (χ1v) is 5.82. The highest BCUT2D eigenvalue weighted by Crippen LogP contribution is 2.15. The van der Waals surface area contributed by atoms with E-state index < -0.39 is 0 Å². The van der Waals surface area contributed by atoms with Gasteiger partial charge in [0.2, 0.25) is 0 Å². The summed E-state index contributed by atoms with van der Waals surface area (Å²) in [6.45, 7) is 1.89. The molecular formula is C14H14FN3O. The Bertz CT molecular complexity index is 613. The Kier molecular flexibility index (Phi) is 3.87. The second-order valence-corrected chi connectivity index (χ2v) is 4.15. The SMILES string of the molecule is Cc1cc(C(=O)Nc2ccc(F)c(CN)c2)ccn1. The minimum absolute atomic E-state index is 0.0872. The number of nitrogens with two attached hydrogens (primary N) is 1. The van der Waals surface area contributed by atoms with Crippen LogP contribution in [0.1, 0.15) is 21.6 Å². The highest BCUT2D eigenvalue weighted by Gasteiger charge is 2.08. The van der Waals surface area contributed by atoms with Gasteiger partial charge in [-0.3, -0.25) is 9.78 Å². The average Bonchev–Trinajstić information content (AvgIpc) is 2.41. The molecule has 2 rings (SSSR count). The summed E-state index contributed by atoms with van der Waals surface area (Å²) in [7, 11) is 0. The highest BCUT2D eigenvalue weighted by molar-refractivity contribution is 6.04. The van der Waals surface area contributed by atoms with Crippen molar-refractivity contribution >= 4 is 11.6 Å². The number of rotatable bonds is 3. The first kappa shape index (κ1) is 13.2. The molecule has 0 bridgehead atoms. The molecule has 1 heterocycles. The van der Waals surface area contributed by atoms with Crippen molar-refractivity contribution in [1.82, 2.24) is 4.98 Å². The van der Waals surface area contributed by atoms with Crippen molar-refractivity contribution in [1.29, 1.82) is 0 Å². The number of benzene rings is 1. The van der Waals surface area contributed by atoms with Crippen molar-refractivity contribution in [3.8, 4) is 0 Å². The van der Waals surface area contributed by atoms with Crippen LogP contribution >= 0.6 is 0 Å². The third-order valence-corrected chi connectivity index (χ3v) is 2.68. The first-order valence-electron chi connectivity index (χ1n) is 5.82. The number of pyridine rings is 1. The Hall–Kier alpha value is -2.27. The summed E-state index contributed by atoms with van der Waals surface area (Å²) in [5.74, 6) is -0.639. The Labute approximate surface area is 110 Å². The lowest BCUT2D eigenvalue weighted by atomic mass is 10.1. The highest BCUT2D eigenvalue weighted by atomic mass is 19.1. The van der Waals surface area contributed by atoms with Gasteiger partial charge in [0.15, 0.2) is 0 Å². The van der Waals surface area contributed by atoms with Crippen molar-refractivity contribution in [2.75, 3.05) is 5.32 Å². The molecule has 5 heteroatoms. The van der Waals surface area contributed by atoms with Crippen LogP contribution in [0.4, 0.5) is 10.1 Å². The molecule has 0 fully saturated rings. The molecule has 0 unspecified atom stereocenters. The molecule has 0 saturated carbocycles. The summed E-state index contributed by atoms with van der Waals surface area (Å²) >= 11 is 0. The Morgan fingerprint density at radius 1 is 1.37 bits per heavy atom. The maximum atomic E-state index is 13.3. The quantitative estimate of drug-likeness (QED) is 0.888. The van der Waals surface area contributed by atoms with Gasteiger partial charge in [-0.1, -0.05) is 0 Å². The van der Waals surface area contributed by atoms with Gasteiger partial charge >= 0.3 is 0 Å². The first-order chi connectivity index (χ1) is 9.10. The minimum Gasteiger partial charge on any atom is -0.326 e. The molecule has 0 saturated heterocycles. The number of aryl methyl sites for hydroxylation is 1. The summed E-state index contributed by atoms with van der Waals surface area (Å²) in [6, 6.07) is 7.62. The molecule has 0 atom stereocenters. The van der Waals surface area contributed by atoms with E-state index in [1.165, 1.54) is 18.2 Å². The lowest BCUT2D eigenvalue weighted by molar-refractivity contribution is 0.102. The number of nitrogens with zero attached hydrogens (tertiary/aromatic N) is 1. The topological polar surface area (TPSA) is 68.0 Å². The van der Waals surface area contributed by atoms with Crippen molar-refractivity contribution in [2.24, 2.45) is 5.73 Å². The lowest BCUT2D eigenvalue weighted by Gasteiger charge is -2.07. The van der Waals surface area contributed by atoms with Gasteiger partial charge in [-0.15, -0.1) is 0 Å². The van der Waals surface area contributed by atoms with Crippen molar-refractivity contribution in [3.05, 3.63) is 59.2 Å². The van der Waals surface area contributed by atoms with Crippen molar-refractivity contribution in [2.45, 2.75) is 13.5 Å². The predicted octanol–water partition coefficient (Wildman–Crippen LogP) is 2.24. The Morgan fingerprint density at radius 3 is 2.84 bits per heavy atom. The number of carbonyl (C=O) groups is 1. The maximum Gasteiger partial charge on any atom is 0.255 e. The summed E-state index contributed by atoms with van der Waals surface area (Å²) < 4.78 is 13.3. The number of hydrogen-bond donors (Lipinski definition) is 2. The van der Waals surface area contributed by atoms with Gasteiger partial charge in [0.05, 0.1) is 0 Å². The van der Waals surface area contributed by atoms with Gasteiger partial charge in [-0.25, -0.2) is 4.39 Å². The molecule has 0 spiro atoms. The van der Waals surface area contributed by atoms with E-state index in [4.69, 9.17) is 5.73 Å². The third kappa shape index (κ3) is 3.14. The van der Waals surface area contributed by atoms with Crippen LogP contribution in [-0.4, -0.2) is 10.9 Å². The molecular weight excluding hydrogens is 245 g/mol. The molecule has 1 aromatic carbocycles. The fourth-order valence-electron chi connectivity index (χ4n) is 1.70. The zero-order chi connectivity index (χ0) is 13.8. The van der Waals surface area contributed by atoms with Gasteiger partial charge in [-0.05, 0) is 37.3 Å². The zero-order valence-corrected chi connectivity index (χ0v) is 10.5. The van der Waals surface area contributed by atoms with Gasteiger partial charge in [-0.2, -0.15) is 0 Å². The van der Waals surface area contributed by atoms with Crippen LogP contribution in [-0.2, 0) is 6.54 Å². The van der Waals surface area contributed by atoms with Gasteiger partial charge < -0.3 is 11.1 Å². The van der Waals surface area contributed by atoms with Crippen LogP contribution in [0.2, 0.25) is 0 Å². The number of amides is 1. The minimum atomic E-state index is -0.375. The van der Waals surface area contributed by atoms with E-state index in [1.54, 1.807) is 25.3 Å². The van der Waals surface area contributed by atoms with Crippen LogP contribution in [0.15, 0.2) is 36.5 Å². The lowest BCUT2D eigenvalue weighted by Crippen LogP contribution is -2.13. The van der Waals surface area contributed by atoms with E-state index in [1.807, 2.05) is 0 Å². The normalized spacial score (nSPS) is 10.3. The number of nitrogens with one attached hydrogen (secondary N) is 1.